The van der Waals surface area contributed by atoms with Crippen molar-refractivity contribution < 1.29 is 31.1 Å². The largest absolute Gasteiger partial charge is 0.459 e. The number of fused-ring (bicyclic) bond motifs is 1. The van der Waals surface area contributed by atoms with Crippen LogP contribution in [0.5, 0.6) is 0 Å². The Morgan fingerprint density at radius 2 is 1.65 bits per heavy atom. The summed E-state index contributed by atoms with van der Waals surface area (Å²) in [5.41, 5.74) is -1.90. The summed E-state index contributed by atoms with van der Waals surface area (Å²) >= 11 is 9.16. The molecule has 40 heavy (non-hydrogen) atoms. The number of alkyl halides is 5. The van der Waals surface area contributed by atoms with Gasteiger partial charge in [-0.3, -0.25) is 9.48 Å². The van der Waals surface area contributed by atoms with Crippen LogP contribution in [0.4, 0.5) is 32.2 Å². The number of benzene rings is 2. The molecule has 0 saturated carbocycles. The van der Waals surface area contributed by atoms with Gasteiger partial charge in [0, 0.05) is 22.8 Å². The highest BCUT2D eigenvalue weighted by Gasteiger charge is 2.60. The smallest absolute Gasteiger partial charge is 0.303 e. The summed E-state index contributed by atoms with van der Waals surface area (Å²) in [4.78, 5) is 17.0. The Bertz CT molecular complexity index is 1720. The molecule has 206 valence electrons. The van der Waals surface area contributed by atoms with Crippen LogP contribution in [-0.2, 0) is 12.5 Å². The molecular formula is C25H14BrClF6N6O. The molecule has 0 aliphatic heterocycles. The van der Waals surface area contributed by atoms with Crippen molar-refractivity contribution in [1.29, 1.82) is 0 Å². The van der Waals surface area contributed by atoms with E-state index < -0.39 is 40.9 Å². The quantitative estimate of drug-likeness (QED) is 0.200. The van der Waals surface area contributed by atoms with Crippen molar-refractivity contribution in [2.24, 2.45) is 0 Å². The van der Waals surface area contributed by atoms with Crippen molar-refractivity contribution >= 4 is 44.9 Å². The molecule has 2 aromatic carbocycles. The number of aromatic nitrogens is 5. The van der Waals surface area contributed by atoms with Gasteiger partial charge in [-0.2, -0.15) is 32.1 Å². The molecule has 5 rings (SSSR count). The Balaban J connectivity index is 1.49. The van der Waals surface area contributed by atoms with Crippen molar-refractivity contribution in [3.8, 4) is 11.3 Å². The molecule has 5 aromatic rings. The van der Waals surface area contributed by atoms with Crippen molar-refractivity contribution in [3.63, 3.8) is 0 Å². The van der Waals surface area contributed by atoms with Gasteiger partial charge in [0.15, 0.2) is 17.2 Å². The third-order valence-electron chi connectivity index (χ3n) is 5.68. The van der Waals surface area contributed by atoms with E-state index in [1.807, 2.05) is 0 Å². The second kappa shape index (κ2) is 10.2. The molecule has 7 nitrogen and oxygen atoms in total. The topological polar surface area (TPSA) is 77.1 Å². The first-order chi connectivity index (χ1) is 18.8. The minimum Gasteiger partial charge on any atom is -0.303 e. The van der Waals surface area contributed by atoms with Gasteiger partial charge in [0.1, 0.15) is 11.5 Å². The summed E-state index contributed by atoms with van der Waals surface area (Å²) in [6, 6.07) is 12.8. The normalized spacial score (nSPS) is 12.2. The molecule has 0 aliphatic carbocycles. The molecule has 0 unspecified atom stereocenters. The minimum atomic E-state index is -5.97. The SMILES string of the molecule is O=C(Nc1nn(Cc2ccc(Cl)cc2)cc1Br)c1cc2nc(-c3ccc(F)cc3)cc(C(F)(F)C(F)(F)F)n2n1. The number of rotatable bonds is 6. The molecule has 0 aliphatic rings. The first kappa shape index (κ1) is 27.6. The van der Waals surface area contributed by atoms with Crippen LogP contribution in [0.2, 0.25) is 5.02 Å². The molecule has 3 heterocycles. The lowest BCUT2D eigenvalue weighted by molar-refractivity contribution is -0.291. The van der Waals surface area contributed by atoms with Gasteiger partial charge in [0.2, 0.25) is 0 Å². The maximum Gasteiger partial charge on any atom is 0.459 e. The molecule has 0 atom stereocenters. The third-order valence-corrected chi connectivity index (χ3v) is 6.52. The van der Waals surface area contributed by atoms with Gasteiger partial charge in [0.25, 0.3) is 5.91 Å². The van der Waals surface area contributed by atoms with Gasteiger partial charge in [-0.15, -0.1) is 0 Å². The number of carbonyl (C=O) groups is 1. The van der Waals surface area contributed by atoms with E-state index in [0.717, 1.165) is 23.8 Å². The standard InChI is InChI=1S/C25H14BrClF6N6O/c26-17-12-38(11-13-1-5-15(27)6-2-13)37-22(17)35-23(40)19-10-21-34-18(14-3-7-16(28)8-4-14)9-20(39(21)36-19)24(29,30)25(31,32)33/h1-10,12H,11H2,(H,35,37,40). The number of halogens is 8. The molecule has 1 N–H and O–H groups in total. The molecule has 0 radical (unpaired) electrons. The number of nitrogens with one attached hydrogen (secondary N) is 1. The molecule has 0 bridgehead atoms. The minimum absolute atomic E-state index is 0.0526. The Morgan fingerprint density at radius 1 is 0.975 bits per heavy atom. The van der Waals surface area contributed by atoms with E-state index in [1.165, 1.54) is 16.8 Å². The average molecular weight is 644 g/mol. The second-order valence-electron chi connectivity index (χ2n) is 8.51. The zero-order valence-corrected chi connectivity index (χ0v) is 22.1. The molecule has 0 fully saturated rings. The van der Waals surface area contributed by atoms with Gasteiger partial charge >= 0.3 is 12.1 Å². The Morgan fingerprint density at radius 3 is 2.30 bits per heavy atom. The molecular weight excluding hydrogens is 630 g/mol. The first-order valence-electron chi connectivity index (χ1n) is 11.2. The number of anilines is 1. The van der Waals surface area contributed by atoms with Crippen LogP contribution in [-0.4, -0.2) is 36.5 Å². The highest BCUT2D eigenvalue weighted by atomic mass is 79.9. The zero-order valence-electron chi connectivity index (χ0n) is 19.7. The van der Waals surface area contributed by atoms with Gasteiger partial charge in [0.05, 0.1) is 16.7 Å². The van der Waals surface area contributed by atoms with Gasteiger partial charge in [-0.25, -0.2) is 13.9 Å². The van der Waals surface area contributed by atoms with E-state index in [2.05, 4.69) is 36.4 Å². The van der Waals surface area contributed by atoms with Crippen molar-refractivity contribution in [3.05, 3.63) is 99.1 Å². The maximum absolute atomic E-state index is 14.6. The van der Waals surface area contributed by atoms with E-state index in [1.54, 1.807) is 30.5 Å². The van der Waals surface area contributed by atoms with Crippen molar-refractivity contribution in [2.75, 3.05) is 5.32 Å². The summed E-state index contributed by atoms with van der Waals surface area (Å²) in [6.45, 7) is 0.325. The highest BCUT2D eigenvalue weighted by Crippen LogP contribution is 2.44. The van der Waals surface area contributed by atoms with Crippen LogP contribution in [0.3, 0.4) is 0 Å². The van der Waals surface area contributed by atoms with Crippen LogP contribution < -0.4 is 5.32 Å². The van der Waals surface area contributed by atoms with Gasteiger partial charge in [-0.1, -0.05) is 23.7 Å². The lowest BCUT2D eigenvalue weighted by Crippen LogP contribution is -2.36. The fraction of sp³-hybridized carbons (Fsp3) is 0.120. The number of hydrogen-bond donors (Lipinski definition) is 1. The lowest BCUT2D eigenvalue weighted by Gasteiger charge is -2.21. The van der Waals surface area contributed by atoms with Crippen LogP contribution in [0.15, 0.2) is 71.3 Å². The number of nitrogens with zero attached hydrogens (tertiary/aromatic N) is 5. The summed E-state index contributed by atoms with van der Waals surface area (Å²) < 4.78 is 84.6. The molecule has 3 aromatic heterocycles. The average Bonchev–Trinajstić information content (AvgIpc) is 3.47. The lowest BCUT2D eigenvalue weighted by atomic mass is 10.1. The Kier molecular flexibility index (Phi) is 7.08. The van der Waals surface area contributed by atoms with E-state index >= 15 is 0 Å². The molecule has 15 heteroatoms. The summed E-state index contributed by atoms with van der Waals surface area (Å²) in [6.07, 6.45) is -4.40. The summed E-state index contributed by atoms with van der Waals surface area (Å²) in [7, 11) is 0. The Labute approximate surface area is 234 Å². The van der Waals surface area contributed by atoms with E-state index in [0.29, 0.717) is 22.1 Å². The van der Waals surface area contributed by atoms with Gasteiger partial charge in [-0.05, 0) is 64.0 Å². The first-order valence-corrected chi connectivity index (χ1v) is 12.4. The second-order valence-corrected chi connectivity index (χ2v) is 9.80. The fourth-order valence-corrected chi connectivity index (χ4v) is 4.27. The number of hydrogen-bond acceptors (Lipinski definition) is 4. The third kappa shape index (κ3) is 5.41. The van der Waals surface area contributed by atoms with Crippen LogP contribution in [0, 0.1) is 5.82 Å². The number of carbonyl (C=O) groups excluding carboxylic acids is 1. The monoisotopic (exact) mass is 642 g/mol. The van der Waals surface area contributed by atoms with Gasteiger partial charge < -0.3 is 5.32 Å². The predicted octanol–water partition coefficient (Wildman–Crippen LogP) is 7.10. The van der Waals surface area contributed by atoms with E-state index in [4.69, 9.17) is 11.6 Å². The fourth-order valence-electron chi connectivity index (χ4n) is 3.73. The number of amides is 1. The summed E-state index contributed by atoms with van der Waals surface area (Å²) in [5, 5.41) is 10.9. The molecule has 1 amide bonds. The highest BCUT2D eigenvalue weighted by molar-refractivity contribution is 9.10. The molecule has 0 saturated heterocycles. The van der Waals surface area contributed by atoms with Crippen LogP contribution in [0.25, 0.3) is 16.9 Å². The predicted molar refractivity (Wildman–Crippen MR) is 137 cm³/mol. The van der Waals surface area contributed by atoms with Crippen molar-refractivity contribution in [1.82, 2.24) is 24.4 Å². The van der Waals surface area contributed by atoms with E-state index in [-0.39, 0.29) is 21.6 Å². The van der Waals surface area contributed by atoms with Crippen LogP contribution in [0.1, 0.15) is 21.7 Å². The van der Waals surface area contributed by atoms with E-state index in [9.17, 15) is 31.1 Å². The van der Waals surface area contributed by atoms with Crippen molar-refractivity contribution in [2.45, 2.75) is 18.6 Å². The molecule has 0 spiro atoms. The van der Waals surface area contributed by atoms with Crippen LogP contribution >= 0.6 is 27.5 Å². The Hall–Kier alpha value is -3.91. The summed E-state index contributed by atoms with van der Waals surface area (Å²) in [5.74, 6) is -6.88. The zero-order chi connectivity index (χ0) is 28.8. The maximum atomic E-state index is 14.6.